The van der Waals surface area contributed by atoms with Crippen molar-refractivity contribution < 1.29 is 19.1 Å². The zero-order valence-electron chi connectivity index (χ0n) is 19.4. The first kappa shape index (κ1) is 23.4. The molecule has 0 aliphatic carbocycles. The molecule has 0 saturated carbocycles. The van der Waals surface area contributed by atoms with E-state index in [0.717, 1.165) is 29.5 Å². The highest BCUT2D eigenvalue weighted by Gasteiger charge is 2.30. The van der Waals surface area contributed by atoms with Crippen LogP contribution in [0.25, 0.3) is 0 Å². The molecule has 0 spiro atoms. The first-order valence-corrected chi connectivity index (χ1v) is 11.1. The van der Waals surface area contributed by atoms with E-state index in [9.17, 15) is 9.59 Å². The number of nitrogens with zero attached hydrogens (tertiary/aromatic N) is 2. The molecule has 1 N–H and O–H groups in total. The Labute approximate surface area is 190 Å². The van der Waals surface area contributed by atoms with Gasteiger partial charge in [-0.1, -0.05) is 37.3 Å². The average molecular weight is 440 g/mol. The summed E-state index contributed by atoms with van der Waals surface area (Å²) in [5, 5.41) is 2.93. The van der Waals surface area contributed by atoms with Crippen LogP contribution in [-0.2, 0) is 17.8 Å². The largest absolute Gasteiger partial charge is 0.493 e. The Balaban J connectivity index is 1.68. The minimum Gasteiger partial charge on any atom is -0.493 e. The van der Waals surface area contributed by atoms with Gasteiger partial charge in [-0.2, -0.15) is 0 Å². The molecular weight excluding hydrogens is 406 g/mol. The Morgan fingerprint density at radius 2 is 1.81 bits per heavy atom. The predicted molar refractivity (Wildman–Crippen MR) is 124 cm³/mol. The smallest absolute Gasteiger partial charge is 0.318 e. The van der Waals surface area contributed by atoms with Gasteiger partial charge in [-0.3, -0.25) is 4.79 Å². The summed E-state index contributed by atoms with van der Waals surface area (Å²) >= 11 is 0. The molecule has 1 aliphatic rings. The molecule has 32 heavy (non-hydrogen) atoms. The summed E-state index contributed by atoms with van der Waals surface area (Å²) < 4.78 is 10.9. The third-order valence-corrected chi connectivity index (χ3v) is 5.90. The summed E-state index contributed by atoms with van der Waals surface area (Å²) in [4.78, 5) is 29.4. The zero-order chi connectivity index (χ0) is 23.1. The van der Waals surface area contributed by atoms with Gasteiger partial charge >= 0.3 is 6.03 Å². The molecule has 2 aromatic rings. The number of hydrogen-bond donors (Lipinski definition) is 1. The van der Waals surface area contributed by atoms with Gasteiger partial charge < -0.3 is 24.6 Å². The summed E-state index contributed by atoms with van der Waals surface area (Å²) in [5.41, 5.74) is 3.23. The van der Waals surface area contributed by atoms with Crippen molar-refractivity contribution in [2.24, 2.45) is 0 Å². The lowest BCUT2D eigenvalue weighted by atomic mass is 9.92. The third-order valence-electron chi connectivity index (χ3n) is 5.90. The van der Waals surface area contributed by atoms with E-state index < -0.39 is 0 Å². The number of methoxy groups -OCH3 is 2. The molecule has 1 aliphatic heterocycles. The van der Waals surface area contributed by atoms with E-state index in [1.165, 1.54) is 0 Å². The number of carbonyl (C=O) groups is 2. The molecular formula is C25H33N3O4. The molecule has 1 unspecified atom stereocenters. The van der Waals surface area contributed by atoms with E-state index in [1.54, 1.807) is 19.1 Å². The van der Waals surface area contributed by atoms with Gasteiger partial charge in [0.2, 0.25) is 5.91 Å². The second-order valence-electron chi connectivity index (χ2n) is 7.98. The Morgan fingerprint density at radius 3 is 2.47 bits per heavy atom. The van der Waals surface area contributed by atoms with E-state index >= 15 is 0 Å². The summed E-state index contributed by atoms with van der Waals surface area (Å²) in [5.74, 6) is 1.30. The van der Waals surface area contributed by atoms with Crippen LogP contribution in [-0.4, -0.2) is 55.6 Å². The van der Waals surface area contributed by atoms with Crippen LogP contribution in [0.15, 0.2) is 42.5 Å². The maximum atomic E-state index is 13.2. The van der Waals surface area contributed by atoms with Crippen LogP contribution in [0.1, 0.15) is 43.0 Å². The van der Waals surface area contributed by atoms with Crippen LogP contribution < -0.4 is 14.8 Å². The summed E-state index contributed by atoms with van der Waals surface area (Å²) in [6.07, 6.45) is 1.52. The van der Waals surface area contributed by atoms with Gasteiger partial charge in [0, 0.05) is 19.6 Å². The lowest BCUT2D eigenvalue weighted by Crippen LogP contribution is -2.48. The molecule has 1 heterocycles. The van der Waals surface area contributed by atoms with Crippen LogP contribution >= 0.6 is 0 Å². The monoisotopic (exact) mass is 439 g/mol. The van der Waals surface area contributed by atoms with Crippen LogP contribution in [0.2, 0.25) is 0 Å². The van der Waals surface area contributed by atoms with E-state index in [4.69, 9.17) is 9.47 Å². The number of carbonyl (C=O) groups excluding carboxylic acids is 2. The highest BCUT2D eigenvalue weighted by molar-refractivity contribution is 5.84. The lowest BCUT2D eigenvalue weighted by molar-refractivity contribution is -0.134. The van der Waals surface area contributed by atoms with Crippen molar-refractivity contribution in [3.8, 4) is 11.5 Å². The van der Waals surface area contributed by atoms with Gasteiger partial charge in [0.25, 0.3) is 0 Å². The van der Waals surface area contributed by atoms with Gasteiger partial charge in [0.1, 0.15) is 6.54 Å². The van der Waals surface area contributed by atoms with Gasteiger partial charge in [-0.15, -0.1) is 0 Å². The van der Waals surface area contributed by atoms with Crippen molar-refractivity contribution in [1.82, 2.24) is 15.1 Å². The molecule has 3 rings (SSSR count). The van der Waals surface area contributed by atoms with Gasteiger partial charge in [0.05, 0.1) is 20.3 Å². The van der Waals surface area contributed by atoms with E-state index in [2.05, 4.69) is 5.32 Å². The fourth-order valence-corrected chi connectivity index (χ4v) is 4.15. The lowest BCUT2D eigenvalue weighted by Gasteiger charge is -2.37. The zero-order valence-corrected chi connectivity index (χ0v) is 19.4. The number of amides is 3. The number of ether oxygens (including phenoxy) is 2. The first-order valence-electron chi connectivity index (χ1n) is 11.1. The standard InChI is InChI=1S/C25H33N3O4/c1-5-12-27(25(30)26-16-19-9-7-6-8-10-19)17-24(29)28-13-11-20-14-22(31-3)23(32-4)15-21(20)18(28)2/h6-10,14-15,18H,5,11-13,16-17H2,1-4H3,(H,26,30). The highest BCUT2D eigenvalue weighted by Crippen LogP contribution is 2.37. The Kier molecular flexibility index (Phi) is 7.98. The second kappa shape index (κ2) is 10.9. The number of rotatable bonds is 8. The molecule has 0 bridgehead atoms. The Hall–Kier alpha value is -3.22. The van der Waals surface area contributed by atoms with Crippen LogP contribution in [0.4, 0.5) is 4.79 Å². The van der Waals surface area contributed by atoms with Crippen molar-refractivity contribution in [2.75, 3.05) is 33.9 Å². The molecule has 7 heteroatoms. The van der Waals surface area contributed by atoms with E-state index in [0.29, 0.717) is 31.1 Å². The number of nitrogens with one attached hydrogen (secondary N) is 1. The van der Waals surface area contributed by atoms with Crippen molar-refractivity contribution in [1.29, 1.82) is 0 Å². The number of benzene rings is 2. The second-order valence-corrected chi connectivity index (χ2v) is 7.98. The summed E-state index contributed by atoms with van der Waals surface area (Å²) in [7, 11) is 3.23. The Morgan fingerprint density at radius 1 is 1.12 bits per heavy atom. The number of hydrogen-bond acceptors (Lipinski definition) is 4. The van der Waals surface area contributed by atoms with Crippen molar-refractivity contribution in [3.05, 3.63) is 59.2 Å². The maximum absolute atomic E-state index is 13.2. The van der Waals surface area contributed by atoms with Gasteiger partial charge in [-0.25, -0.2) is 4.79 Å². The van der Waals surface area contributed by atoms with Crippen LogP contribution in [0, 0.1) is 0 Å². The predicted octanol–water partition coefficient (Wildman–Crippen LogP) is 3.77. The first-order chi connectivity index (χ1) is 15.5. The SMILES string of the molecule is CCCN(CC(=O)N1CCc2cc(OC)c(OC)cc2C1C)C(=O)NCc1ccccc1. The molecule has 7 nitrogen and oxygen atoms in total. The summed E-state index contributed by atoms with van der Waals surface area (Å²) in [6, 6.07) is 13.4. The minimum absolute atomic E-state index is 0.0544. The van der Waals surface area contributed by atoms with Gasteiger partial charge in [-0.05, 0) is 48.6 Å². The minimum atomic E-state index is -0.222. The van der Waals surface area contributed by atoms with E-state index in [-0.39, 0.29) is 24.5 Å². The molecule has 0 fully saturated rings. The summed E-state index contributed by atoms with van der Waals surface area (Å²) in [6.45, 7) is 5.64. The molecule has 2 aromatic carbocycles. The third kappa shape index (κ3) is 5.33. The normalized spacial score (nSPS) is 15.0. The highest BCUT2D eigenvalue weighted by atomic mass is 16.5. The maximum Gasteiger partial charge on any atom is 0.318 e. The number of urea groups is 1. The van der Waals surface area contributed by atoms with Crippen molar-refractivity contribution in [3.63, 3.8) is 0 Å². The quantitative estimate of drug-likeness (QED) is 0.680. The van der Waals surface area contributed by atoms with E-state index in [1.807, 2.05) is 61.2 Å². The van der Waals surface area contributed by atoms with Crippen molar-refractivity contribution >= 4 is 11.9 Å². The van der Waals surface area contributed by atoms with Crippen molar-refractivity contribution in [2.45, 2.75) is 39.3 Å². The molecule has 0 radical (unpaired) electrons. The molecule has 3 amide bonds. The fraction of sp³-hybridized carbons (Fsp3) is 0.440. The molecule has 0 aromatic heterocycles. The van der Waals surface area contributed by atoms with Crippen LogP contribution in [0.3, 0.4) is 0 Å². The van der Waals surface area contributed by atoms with Gasteiger partial charge in [0.15, 0.2) is 11.5 Å². The molecule has 172 valence electrons. The number of fused-ring (bicyclic) bond motifs is 1. The topological polar surface area (TPSA) is 71.1 Å². The molecule has 1 atom stereocenters. The fourth-order valence-electron chi connectivity index (χ4n) is 4.15. The van der Waals surface area contributed by atoms with Crippen LogP contribution in [0.5, 0.6) is 11.5 Å². The average Bonchev–Trinajstić information content (AvgIpc) is 2.82. The Bertz CT molecular complexity index is 932. The molecule has 0 saturated heterocycles.